The third-order valence-corrected chi connectivity index (χ3v) is 6.94. The molecule has 2 aliphatic rings. The predicted octanol–water partition coefficient (Wildman–Crippen LogP) is 1.37. The van der Waals surface area contributed by atoms with Crippen LogP contribution < -0.4 is 0 Å². The number of hydrogen-bond donors (Lipinski definition) is 0. The van der Waals surface area contributed by atoms with E-state index >= 15 is 0 Å². The average molecular weight is 326 g/mol. The number of sulfonamides is 1. The zero-order valence-corrected chi connectivity index (χ0v) is 13.3. The van der Waals surface area contributed by atoms with Gasteiger partial charge in [-0.2, -0.15) is 4.31 Å². The summed E-state index contributed by atoms with van der Waals surface area (Å²) in [5, 5.41) is 0. The van der Waals surface area contributed by atoms with E-state index in [9.17, 15) is 13.2 Å². The van der Waals surface area contributed by atoms with E-state index in [1.54, 1.807) is 35.2 Å². The van der Waals surface area contributed by atoms with Crippen molar-refractivity contribution in [2.45, 2.75) is 23.8 Å². The molecule has 0 saturated carbocycles. The van der Waals surface area contributed by atoms with Crippen molar-refractivity contribution >= 4 is 27.7 Å². The number of amides is 1. The van der Waals surface area contributed by atoms with Crippen LogP contribution in [-0.2, 0) is 14.8 Å². The summed E-state index contributed by atoms with van der Waals surface area (Å²) in [6.45, 7) is 1.50. The Morgan fingerprint density at radius 1 is 1.14 bits per heavy atom. The number of hydrogen-bond acceptors (Lipinski definition) is 4. The fraction of sp³-hybridized carbons (Fsp3) is 0.500. The largest absolute Gasteiger partial charge is 0.341 e. The highest BCUT2D eigenvalue weighted by atomic mass is 32.2. The topological polar surface area (TPSA) is 57.7 Å². The van der Waals surface area contributed by atoms with E-state index < -0.39 is 16.1 Å². The molecule has 3 rings (SSSR count). The molecule has 0 radical (unpaired) electrons. The van der Waals surface area contributed by atoms with Crippen LogP contribution in [0.15, 0.2) is 35.2 Å². The summed E-state index contributed by atoms with van der Waals surface area (Å²) < 4.78 is 26.8. The first-order chi connectivity index (χ1) is 10.1. The van der Waals surface area contributed by atoms with Gasteiger partial charge in [0.2, 0.25) is 15.9 Å². The lowest BCUT2D eigenvalue weighted by molar-refractivity contribution is -0.133. The minimum atomic E-state index is -3.60. The fourth-order valence-electron chi connectivity index (χ4n) is 2.73. The molecule has 21 heavy (non-hydrogen) atoms. The van der Waals surface area contributed by atoms with Gasteiger partial charge in [-0.3, -0.25) is 4.79 Å². The number of rotatable bonds is 3. The first-order valence-corrected chi connectivity index (χ1v) is 9.63. The Bertz CT molecular complexity index is 612. The van der Waals surface area contributed by atoms with Crippen LogP contribution >= 0.6 is 11.8 Å². The van der Waals surface area contributed by atoms with Gasteiger partial charge in [-0.1, -0.05) is 18.2 Å². The summed E-state index contributed by atoms with van der Waals surface area (Å²) in [6, 6.07) is 7.79. The average Bonchev–Trinajstić information content (AvgIpc) is 3.19. The Morgan fingerprint density at radius 3 is 2.48 bits per heavy atom. The van der Waals surface area contributed by atoms with Crippen LogP contribution in [0.3, 0.4) is 0 Å². The lowest BCUT2D eigenvalue weighted by Gasteiger charge is -2.26. The molecule has 0 spiro atoms. The summed E-state index contributed by atoms with van der Waals surface area (Å²) in [7, 11) is -3.60. The molecular weight excluding hydrogens is 308 g/mol. The van der Waals surface area contributed by atoms with E-state index in [1.165, 1.54) is 16.1 Å². The number of nitrogens with zero attached hydrogens (tertiary/aromatic N) is 2. The smallest absolute Gasteiger partial charge is 0.244 e. The first-order valence-electron chi connectivity index (χ1n) is 7.04. The first kappa shape index (κ1) is 14.9. The summed E-state index contributed by atoms with van der Waals surface area (Å²) in [6.07, 6.45) is 2.02. The zero-order chi connectivity index (χ0) is 14.9. The molecule has 114 valence electrons. The van der Waals surface area contributed by atoms with Gasteiger partial charge in [0.1, 0.15) is 6.04 Å². The Morgan fingerprint density at radius 2 is 1.81 bits per heavy atom. The van der Waals surface area contributed by atoms with Gasteiger partial charge in [-0.25, -0.2) is 8.42 Å². The van der Waals surface area contributed by atoms with Gasteiger partial charge in [0.05, 0.1) is 10.8 Å². The zero-order valence-electron chi connectivity index (χ0n) is 11.6. The van der Waals surface area contributed by atoms with Crippen molar-refractivity contribution in [2.24, 2.45) is 0 Å². The van der Waals surface area contributed by atoms with Crippen LogP contribution in [0, 0.1) is 0 Å². The summed E-state index contributed by atoms with van der Waals surface area (Å²) in [5.74, 6) is 0.847. The maximum Gasteiger partial charge on any atom is 0.244 e. The van der Waals surface area contributed by atoms with Crippen molar-refractivity contribution in [1.29, 1.82) is 0 Å². The van der Waals surface area contributed by atoms with Crippen molar-refractivity contribution in [3.05, 3.63) is 30.3 Å². The normalized spacial score (nSPS) is 23.6. The van der Waals surface area contributed by atoms with Gasteiger partial charge in [0.15, 0.2) is 0 Å². The number of carbonyl (C=O) groups excluding carboxylic acids is 1. The summed E-state index contributed by atoms with van der Waals surface area (Å²) >= 11 is 1.50. The highest BCUT2D eigenvalue weighted by molar-refractivity contribution is 8.00. The fourth-order valence-corrected chi connectivity index (χ4v) is 5.89. The highest BCUT2D eigenvalue weighted by Crippen LogP contribution is 2.29. The van der Waals surface area contributed by atoms with Crippen molar-refractivity contribution < 1.29 is 13.2 Å². The second kappa shape index (κ2) is 5.98. The molecule has 1 aromatic carbocycles. The number of benzene rings is 1. The molecule has 5 nitrogen and oxygen atoms in total. The molecule has 1 aromatic rings. The molecule has 0 aromatic heterocycles. The third-order valence-electron chi connectivity index (χ3n) is 3.89. The van der Waals surface area contributed by atoms with E-state index in [0.29, 0.717) is 11.6 Å². The second-order valence-electron chi connectivity index (χ2n) is 5.25. The minimum Gasteiger partial charge on any atom is -0.341 e. The Labute approximate surface area is 129 Å². The molecule has 0 unspecified atom stereocenters. The van der Waals surface area contributed by atoms with Crippen LogP contribution in [0.4, 0.5) is 0 Å². The van der Waals surface area contributed by atoms with Gasteiger partial charge in [0, 0.05) is 18.8 Å². The Kier molecular flexibility index (Phi) is 4.24. The minimum absolute atomic E-state index is 0.0444. The van der Waals surface area contributed by atoms with Crippen molar-refractivity contribution in [2.75, 3.05) is 24.7 Å². The molecule has 2 saturated heterocycles. The molecule has 0 N–H and O–H groups in total. The summed E-state index contributed by atoms with van der Waals surface area (Å²) in [4.78, 5) is 14.6. The lowest BCUT2D eigenvalue weighted by atomic mass is 10.3. The van der Waals surface area contributed by atoms with Gasteiger partial charge < -0.3 is 4.90 Å². The number of carbonyl (C=O) groups is 1. The van der Waals surface area contributed by atoms with E-state index in [-0.39, 0.29) is 10.8 Å². The molecule has 0 aliphatic carbocycles. The quantitative estimate of drug-likeness (QED) is 0.842. The maximum atomic E-state index is 12.7. The van der Waals surface area contributed by atoms with E-state index in [0.717, 1.165) is 25.9 Å². The van der Waals surface area contributed by atoms with Crippen molar-refractivity contribution in [3.63, 3.8) is 0 Å². The molecule has 0 bridgehead atoms. The monoisotopic (exact) mass is 326 g/mol. The number of thioether (sulfide) groups is 1. The van der Waals surface area contributed by atoms with Crippen LogP contribution in [0.1, 0.15) is 12.8 Å². The maximum absolute atomic E-state index is 12.7. The molecule has 7 heteroatoms. The molecule has 1 atom stereocenters. The molecule has 2 heterocycles. The Hall–Kier alpha value is -1.05. The highest BCUT2D eigenvalue weighted by Gasteiger charge is 2.41. The van der Waals surface area contributed by atoms with Crippen molar-refractivity contribution in [1.82, 2.24) is 9.21 Å². The molecule has 2 fully saturated rings. The second-order valence-corrected chi connectivity index (χ2v) is 8.14. The van der Waals surface area contributed by atoms with E-state index in [2.05, 4.69) is 0 Å². The molecular formula is C14H18N2O3S2. The van der Waals surface area contributed by atoms with Crippen LogP contribution in [0.5, 0.6) is 0 Å². The Balaban J connectivity index is 1.85. The van der Waals surface area contributed by atoms with Crippen LogP contribution in [0.25, 0.3) is 0 Å². The lowest BCUT2D eigenvalue weighted by Crippen LogP contribution is -2.48. The summed E-state index contributed by atoms with van der Waals surface area (Å²) in [5.41, 5.74) is 0. The third kappa shape index (κ3) is 2.82. The van der Waals surface area contributed by atoms with E-state index in [1.807, 2.05) is 0 Å². The van der Waals surface area contributed by atoms with Crippen molar-refractivity contribution in [3.8, 4) is 0 Å². The molecule has 1 amide bonds. The van der Waals surface area contributed by atoms with Gasteiger partial charge >= 0.3 is 0 Å². The van der Waals surface area contributed by atoms with Crippen LogP contribution in [-0.4, -0.2) is 54.3 Å². The van der Waals surface area contributed by atoms with Gasteiger partial charge in [0.25, 0.3) is 0 Å². The molecule has 2 aliphatic heterocycles. The predicted molar refractivity (Wildman–Crippen MR) is 82.4 cm³/mol. The van der Waals surface area contributed by atoms with Gasteiger partial charge in [-0.15, -0.1) is 11.8 Å². The van der Waals surface area contributed by atoms with Crippen LogP contribution in [0.2, 0.25) is 0 Å². The number of likely N-dealkylation sites (tertiary alicyclic amines) is 1. The van der Waals surface area contributed by atoms with Gasteiger partial charge in [-0.05, 0) is 25.0 Å². The van der Waals surface area contributed by atoms with E-state index in [4.69, 9.17) is 0 Å². The SMILES string of the molecule is O=C([C@H]1CSCN1S(=O)(=O)c1ccccc1)N1CCCC1. The standard InChI is InChI=1S/C14H18N2O3S2/c17-14(15-8-4-5-9-15)13-10-20-11-16(13)21(18,19)12-6-2-1-3-7-12/h1-3,6-7,13H,4-5,8-11H2/t13-/m1/s1.